The van der Waals surface area contributed by atoms with E-state index in [2.05, 4.69) is 105 Å². The number of fused-ring (bicyclic) bond motifs is 6. The molecule has 10 rings (SSSR count). The Hall–Kier alpha value is -8.24. The molecule has 0 aliphatic carbocycles. The molecule has 0 radical (unpaired) electrons. The van der Waals surface area contributed by atoms with Crippen molar-refractivity contribution >= 4 is 43.6 Å². The normalized spacial score (nSPS) is 11.2. The molecule has 6 nitrogen and oxygen atoms in total. The van der Waals surface area contributed by atoms with Gasteiger partial charge < -0.3 is 9.13 Å². The molecule has 6 heteroatoms. The minimum atomic E-state index is 0.537. The Morgan fingerprint density at radius 3 is 1.29 bits per heavy atom. The summed E-state index contributed by atoms with van der Waals surface area (Å²) in [4.78, 5) is 4.47. The van der Waals surface area contributed by atoms with Crippen LogP contribution in [0.5, 0.6) is 0 Å². The van der Waals surface area contributed by atoms with E-state index in [1.54, 1.807) is 6.20 Å². The van der Waals surface area contributed by atoms with Crippen LogP contribution in [0.1, 0.15) is 16.7 Å². The largest absolute Gasteiger partial charge is 0.308 e. The predicted molar refractivity (Wildman–Crippen MR) is 223 cm³/mol. The maximum absolute atomic E-state index is 11.3. The lowest BCUT2D eigenvalue weighted by Gasteiger charge is -2.18. The number of rotatable bonds is 5. The number of hydrogen-bond donors (Lipinski definition) is 0. The van der Waals surface area contributed by atoms with Crippen molar-refractivity contribution in [1.29, 1.82) is 15.8 Å². The summed E-state index contributed by atoms with van der Waals surface area (Å²) in [6.45, 7) is 0. The van der Waals surface area contributed by atoms with Crippen molar-refractivity contribution in [1.82, 2.24) is 14.1 Å². The van der Waals surface area contributed by atoms with Crippen molar-refractivity contribution in [2.24, 2.45) is 0 Å². The smallest absolute Gasteiger partial charge is 0.104 e. The molecule has 0 atom stereocenters. The average molecular weight is 713 g/mol. The second kappa shape index (κ2) is 13.0. The van der Waals surface area contributed by atoms with Crippen LogP contribution in [-0.4, -0.2) is 14.1 Å². The molecule has 0 fully saturated rings. The van der Waals surface area contributed by atoms with Crippen LogP contribution in [0.2, 0.25) is 0 Å². The van der Waals surface area contributed by atoms with E-state index in [1.807, 2.05) is 91.1 Å². The molecule has 56 heavy (non-hydrogen) atoms. The molecule has 10 aromatic rings. The Labute approximate surface area is 322 Å². The van der Waals surface area contributed by atoms with E-state index < -0.39 is 0 Å². The van der Waals surface area contributed by atoms with Gasteiger partial charge in [-0.25, -0.2) is 0 Å². The first kappa shape index (κ1) is 32.4. The van der Waals surface area contributed by atoms with E-state index in [0.29, 0.717) is 16.7 Å². The monoisotopic (exact) mass is 712 g/mol. The molecule has 0 N–H and O–H groups in total. The molecule has 0 unspecified atom stereocenters. The van der Waals surface area contributed by atoms with Gasteiger partial charge in [-0.1, -0.05) is 78.9 Å². The fraction of sp³-hybridized carbons (Fsp3) is 0. The highest BCUT2D eigenvalue weighted by atomic mass is 15.0. The molecule has 7 aromatic carbocycles. The Kier molecular flexibility index (Phi) is 7.53. The number of pyridine rings is 1. The molecular formula is C50H28N6. The first-order valence-electron chi connectivity index (χ1n) is 18.2. The van der Waals surface area contributed by atoms with Crippen LogP contribution in [-0.2, 0) is 0 Å². The molecule has 3 heterocycles. The summed E-state index contributed by atoms with van der Waals surface area (Å²) >= 11 is 0. The van der Waals surface area contributed by atoms with Crippen molar-refractivity contribution in [2.75, 3.05) is 0 Å². The molecule has 0 spiro atoms. The summed E-state index contributed by atoms with van der Waals surface area (Å²) in [5, 5.41) is 34.3. The van der Waals surface area contributed by atoms with Gasteiger partial charge in [0, 0.05) is 39.5 Å². The van der Waals surface area contributed by atoms with Gasteiger partial charge >= 0.3 is 0 Å². The predicted octanol–water partition coefficient (Wildman–Crippen LogP) is 11.9. The fourth-order valence-electron chi connectivity index (χ4n) is 8.08. The average Bonchev–Trinajstić information content (AvgIpc) is 3.78. The van der Waals surface area contributed by atoms with Crippen molar-refractivity contribution in [2.45, 2.75) is 0 Å². The molecule has 0 aliphatic rings. The first-order valence-corrected chi connectivity index (χ1v) is 18.2. The lowest BCUT2D eigenvalue weighted by molar-refractivity contribution is 1.12. The highest BCUT2D eigenvalue weighted by Gasteiger charge is 2.23. The summed E-state index contributed by atoms with van der Waals surface area (Å²) < 4.78 is 4.43. The van der Waals surface area contributed by atoms with E-state index in [4.69, 9.17) is 0 Å². The zero-order valence-electron chi connectivity index (χ0n) is 29.8. The third-order valence-electron chi connectivity index (χ3n) is 10.7. The lowest BCUT2D eigenvalue weighted by Crippen LogP contribution is -2.05. The lowest BCUT2D eigenvalue weighted by atomic mass is 10.0. The van der Waals surface area contributed by atoms with Gasteiger partial charge in [0.15, 0.2) is 0 Å². The zero-order valence-corrected chi connectivity index (χ0v) is 29.8. The van der Waals surface area contributed by atoms with Gasteiger partial charge in [0.05, 0.1) is 56.7 Å². The molecular weight excluding hydrogens is 685 g/mol. The van der Waals surface area contributed by atoms with Crippen LogP contribution >= 0.6 is 0 Å². The molecule has 0 aliphatic heterocycles. The van der Waals surface area contributed by atoms with Gasteiger partial charge in [-0.2, -0.15) is 15.8 Å². The van der Waals surface area contributed by atoms with E-state index >= 15 is 0 Å². The van der Waals surface area contributed by atoms with E-state index in [0.717, 1.165) is 88.4 Å². The second-order valence-corrected chi connectivity index (χ2v) is 13.8. The van der Waals surface area contributed by atoms with E-state index in [9.17, 15) is 15.8 Å². The summed E-state index contributed by atoms with van der Waals surface area (Å²) in [5.41, 5.74) is 13.2. The van der Waals surface area contributed by atoms with Crippen LogP contribution in [0.4, 0.5) is 0 Å². The first-order chi connectivity index (χ1) is 27.6. The number of nitriles is 3. The molecule has 0 bridgehead atoms. The van der Waals surface area contributed by atoms with Crippen molar-refractivity contribution < 1.29 is 0 Å². The summed E-state index contributed by atoms with van der Waals surface area (Å²) in [5.74, 6) is 0. The molecule has 0 saturated heterocycles. The van der Waals surface area contributed by atoms with Crippen LogP contribution in [0, 0.1) is 34.0 Å². The Morgan fingerprint density at radius 2 is 0.839 bits per heavy atom. The summed E-state index contributed by atoms with van der Waals surface area (Å²) in [6, 6.07) is 60.1. The molecule has 3 aromatic heterocycles. The van der Waals surface area contributed by atoms with Crippen molar-refractivity contribution in [3.05, 3.63) is 187 Å². The summed E-state index contributed by atoms with van der Waals surface area (Å²) in [6.07, 6.45) is 3.63. The third kappa shape index (κ3) is 5.12. The van der Waals surface area contributed by atoms with Gasteiger partial charge in [-0.15, -0.1) is 0 Å². The quantitative estimate of drug-likeness (QED) is 0.177. The van der Waals surface area contributed by atoms with Gasteiger partial charge in [-0.05, 0) is 107 Å². The minimum absolute atomic E-state index is 0.537. The Bertz CT molecular complexity index is 3120. The van der Waals surface area contributed by atoms with E-state index in [-0.39, 0.29) is 0 Å². The van der Waals surface area contributed by atoms with Gasteiger partial charge in [0.25, 0.3) is 0 Å². The van der Waals surface area contributed by atoms with Gasteiger partial charge in [0.2, 0.25) is 0 Å². The molecule has 0 amide bonds. The Balaban J connectivity index is 1.26. The maximum atomic E-state index is 11.3. The number of nitrogens with zero attached hydrogens (tertiary/aromatic N) is 6. The fourth-order valence-corrected chi connectivity index (χ4v) is 8.08. The highest BCUT2D eigenvalue weighted by Crippen LogP contribution is 2.41. The second-order valence-electron chi connectivity index (χ2n) is 13.8. The minimum Gasteiger partial charge on any atom is -0.308 e. The third-order valence-corrected chi connectivity index (χ3v) is 10.7. The summed E-state index contributed by atoms with van der Waals surface area (Å²) in [7, 11) is 0. The number of aromatic nitrogens is 3. The number of benzene rings is 7. The topological polar surface area (TPSA) is 94.1 Å². The Morgan fingerprint density at radius 1 is 0.375 bits per heavy atom. The number of hydrogen-bond acceptors (Lipinski definition) is 4. The van der Waals surface area contributed by atoms with Crippen LogP contribution < -0.4 is 0 Å². The van der Waals surface area contributed by atoms with Crippen LogP contribution in [0.15, 0.2) is 170 Å². The number of para-hydroxylation sites is 2. The van der Waals surface area contributed by atoms with Crippen LogP contribution in [0.3, 0.4) is 0 Å². The molecule has 0 saturated carbocycles. The van der Waals surface area contributed by atoms with Crippen LogP contribution in [0.25, 0.3) is 88.4 Å². The molecule has 258 valence electrons. The van der Waals surface area contributed by atoms with Crippen molar-refractivity contribution in [3.63, 3.8) is 0 Å². The standard InChI is InChI=1S/C50H28N6/c51-28-32-11-15-34(16-12-32)36-19-21-47-42(24-36)40-7-1-3-9-45(40)55(47)49-26-39(38-6-5-23-54-31-38)27-50(44(49)30-53)56-46-10-4-2-8-41(46)43-25-37(20-22-48(43)56)35-17-13-33(29-52)14-18-35/h1-27,31H. The SMILES string of the molecule is N#Cc1ccc(-c2ccc3c(c2)c2ccccc2n3-c2cc(-c3cccnc3)cc(-n3c4ccccc4c4cc(-c5ccc(C#N)cc5)ccc43)c2C#N)cc1. The maximum Gasteiger partial charge on any atom is 0.104 e. The van der Waals surface area contributed by atoms with Crippen molar-refractivity contribution in [3.8, 4) is 63.0 Å². The zero-order chi connectivity index (χ0) is 37.8. The van der Waals surface area contributed by atoms with Gasteiger partial charge in [0.1, 0.15) is 11.6 Å². The highest BCUT2D eigenvalue weighted by molar-refractivity contribution is 6.12. The van der Waals surface area contributed by atoms with E-state index in [1.165, 1.54) is 0 Å². The van der Waals surface area contributed by atoms with Gasteiger partial charge in [-0.3, -0.25) is 4.98 Å².